The first kappa shape index (κ1) is 14.6. The maximum atomic E-state index is 11.4. The lowest BCUT2D eigenvalue weighted by atomic mass is 10.1. The number of H-pyrrole nitrogens is 2. The number of rotatable bonds is 4. The average Bonchev–Trinajstić information content (AvgIpc) is 3.24. The predicted molar refractivity (Wildman–Crippen MR) is 87.4 cm³/mol. The molecule has 3 heterocycles. The zero-order chi connectivity index (χ0) is 16.5. The molecule has 3 aromatic rings. The molecule has 0 saturated carbocycles. The van der Waals surface area contributed by atoms with Crippen LogP contribution in [-0.2, 0) is 19.5 Å². The zero-order valence-corrected chi connectivity index (χ0v) is 13.0. The molecular weight excluding hydrogens is 306 g/mol. The quantitative estimate of drug-likeness (QED) is 0.683. The van der Waals surface area contributed by atoms with Gasteiger partial charge in [0, 0.05) is 32.3 Å². The lowest BCUT2D eigenvalue weighted by molar-refractivity contribution is 0.0694. The van der Waals surface area contributed by atoms with Crippen molar-refractivity contribution >= 4 is 5.97 Å². The smallest absolute Gasteiger partial charge is 0.336 e. The molecule has 1 aliphatic rings. The first-order chi connectivity index (χ1) is 11.7. The van der Waals surface area contributed by atoms with E-state index in [1.54, 1.807) is 18.3 Å². The molecule has 24 heavy (non-hydrogen) atoms. The second kappa shape index (κ2) is 5.93. The highest BCUT2D eigenvalue weighted by Gasteiger charge is 2.22. The van der Waals surface area contributed by atoms with Gasteiger partial charge in [0.15, 0.2) is 0 Å². The fourth-order valence-electron chi connectivity index (χ4n) is 3.11. The highest BCUT2D eigenvalue weighted by molar-refractivity contribution is 5.89. The van der Waals surface area contributed by atoms with Crippen molar-refractivity contribution < 1.29 is 9.90 Å². The molecule has 1 aliphatic heterocycles. The minimum atomic E-state index is -0.882. The second-order valence-corrected chi connectivity index (χ2v) is 5.92. The van der Waals surface area contributed by atoms with E-state index >= 15 is 0 Å². The Morgan fingerprint density at radius 3 is 3.00 bits per heavy atom. The van der Waals surface area contributed by atoms with Crippen molar-refractivity contribution in [3.63, 3.8) is 0 Å². The van der Waals surface area contributed by atoms with E-state index in [1.807, 2.05) is 18.3 Å². The lowest BCUT2D eigenvalue weighted by Gasteiger charge is -2.26. The van der Waals surface area contributed by atoms with Gasteiger partial charge in [-0.25, -0.2) is 9.78 Å². The summed E-state index contributed by atoms with van der Waals surface area (Å²) in [5, 5.41) is 16.1. The van der Waals surface area contributed by atoms with E-state index in [9.17, 15) is 9.90 Å². The summed E-state index contributed by atoms with van der Waals surface area (Å²) in [5.74, 6) is -0.0615. The first-order valence-electron chi connectivity index (χ1n) is 7.81. The Morgan fingerprint density at radius 1 is 1.33 bits per heavy atom. The molecule has 0 spiro atoms. The van der Waals surface area contributed by atoms with Gasteiger partial charge in [0.2, 0.25) is 0 Å². The fourth-order valence-corrected chi connectivity index (χ4v) is 3.11. The van der Waals surface area contributed by atoms with Crippen LogP contribution in [0.3, 0.4) is 0 Å². The van der Waals surface area contributed by atoms with Gasteiger partial charge in [-0.3, -0.25) is 10.00 Å². The summed E-state index contributed by atoms with van der Waals surface area (Å²) in [6, 6.07) is 7.17. The molecule has 0 amide bonds. The number of fused-ring (bicyclic) bond motifs is 1. The zero-order valence-electron chi connectivity index (χ0n) is 13.0. The average molecular weight is 323 g/mol. The van der Waals surface area contributed by atoms with E-state index in [2.05, 4.69) is 25.1 Å². The molecule has 122 valence electrons. The van der Waals surface area contributed by atoms with Crippen LogP contribution in [-0.4, -0.2) is 42.7 Å². The van der Waals surface area contributed by atoms with E-state index in [4.69, 9.17) is 0 Å². The fraction of sp³-hybridized carbons (Fsp3) is 0.235. The third-order valence-electron chi connectivity index (χ3n) is 4.32. The van der Waals surface area contributed by atoms with E-state index in [1.165, 1.54) is 0 Å². The van der Waals surface area contributed by atoms with Crippen molar-refractivity contribution in [3.8, 4) is 11.4 Å². The molecule has 0 unspecified atom stereocenters. The van der Waals surface area contributed by atoms with Crippen LogP contribution in [0.1, 0.15) is 27.3 Å². The van der Waals surface area contributed by atoms with Crippen molar-refractivity contribution in [1.82, 2.24) is 25.1 Å². The number of benzene rings is 1. The highest BCUT2D eigenvalue weighted by Crippen LogP contribution is 2.23. The van der Waals surface area contributed by atoms with E-state index in [0.717, 1.165) is 47.8 Å². The Labute approximate surface area is 138 Å². The standard InChI is InChI=1S/C17H17N5O2/c23-17(24)13-4-2-1-3-11(13)9-22-6-5-14-15(10-22)21-16(20-14)12-7-18-19-8-12/h1-4,7-8H,5-6,9-10H2,(H,18,19)(H,20,21)(H,23,24). The number of hydrogen-bond donors (Lipinski definition) is 3. The van der Waals surface area contributed by atoms with Crippen LogP contribution in [0.25, 0.3) is 11.4 Å². The second-order valence-electron chi connectivity index (χ2n) is 5.92. The van der Waals surface area contributed by atoms with Crippen LogP contribution in [0.5, 0.6) is 0 Å². The molecule has 3 N–H and O–H groups in total. The third-order valence-corrected chi connectivity index (χ3v) is 4.32. The highest BCUT2D eigenvalue weighted by atomic mass is 16.4. The summed E-state index contributed by atoms with van der Waals surface area (Å²) < 4.78 is 0. The Kier molecular flexibility index (Phi) is 3.62. The summed E-state index contributed by atoms with van der Waals surface area (Å²) in [6.07, 6.45) is 4.40. The maximum absolute atomic E-state index is 11.4. The number of imidazole rings is 1. The molecule has 0 atom stereocenters. The summed E-state index contributed by atoms with van der Waals surface area (Å²) in [6.45, 7) is 2.20. The molecule has 0 fully saturated rings. The molecule has 7 heteroatoms. The summed E-state index contributed by atoms with van der Waals surface area (Å²) in [4.78, 5) is 21.6. The number of nitrogens with one attached hydrogen (secondary N) is 2. The number of aromatic amines is 2. The SMILES string of the molecule is O=C(O)c1ccccc1CN1CCc2nc(-c3cn[nH]c3)[nH]c2C1. The first-order valence-corrected chi connectivity index (χ1v) is 7.81. The number of carbonyl (C=O) groups is 1. The van der Waals surface area contributed by atoms with E-state index in [-0.39, 0.29) is 0 Å². The van der Waals surface area contributed by atoms with Gasteiger partial charge in [-0.05, 0) is 11.6 Å². The van der Waals surface area contributed by atoms with Crippen LogP contribution in [0.2, 0.25) is 0 Å². The number of carboxylic acid groups (broad SMARTS) is 1. The Balaban J connectivity index is 1.54. The minimum Gasteiger partial charge on any atom is -0.478 e. The van der Waals surface area contributed by atoms with Crippen molar-refractivity contribution in [1.29, 1.82) is 0 Å². The number of nitrogens with zero attached hydrogens (tertiary/aromatic N) is 3. The van der Waals surface area contributed by atoms with Gasteiger partial charge < -0.3 is 10.1 Å². The minimum absolute atomic E-state index is 0.368. The van der Waals surface area contributed by atoms with Crippen LogP contribution in [0.4, 0.5) is 0 Å². The van der Waals surface area contributed by atoms with Crippen LogP contribution >= 0.6 is 0 Å². The Bertz CT molecular complexity index is 869. The molecule has 1 aromatic carbocycles. The Morgan fingerprint density at radius 2 is 2.21 bits per heavy atom. The third kappa shape index (κ3) is 2.69. The van der Waals surface area contributed by atoms with Crippen molar-refractivity contribution in [2.24, 2.45) is 0 Å². The predicted octanol–water partition coefficient (Wildman–Crippen LogP) is 2.06. The van der Waals surface area contributed by atoms with Crippen LogP contribution < -0.4 is 0 Å². The van der Waals surface area contributed by atoms with E-state index < -0.39 is 5.97 Å². The van der Waals surface area contributed by atoms with Gasteiger partial charge >= 0.3 is 5.97 Å². The van der Waals surface area contributed by atoms with Gasteiger partial charge in [-0.2, -0.15) is 5.10 Å². The number of aromatic nitrogens is 4. The molecule has 7 nitrogen and oxygen atoms in total. The monoisotopic (exact) mass is 323 g/mol. The Hall–Kier alpha value is -2.93. The van der Waals surface area contributed by atoms with E-state index in [0.29, 0.717) is 12.1 Å². The molecule has 0 bridgehead atoms. The summed E-state index contributed by atoms with van der Waals surface area (Å²) in [7, 11) is 0. The van der Waals surface area contributed by atoms with Gasteiger partial charge in [0.25, 0.3) is 0 Å². The maximum Gasteiger partial charge on any atom is 0.336 e. The van der Waals surface area contributed by atoms with Gasteiger partial charge in [-0.15, -0.1) is 0 Å². The van der Waals surface area contributed by atoms with Crippen molar-refractivity contribution in [2.75, 3.05) is 6.54 Å². The number of aromatic carboxylic acids is 1. The van der Waals surface area contributed by atoms with Crippen LogP contribution in [0, 0.1) is 0 Å². The molecular formula is C17H17N5O2. The number of hydrogen-bond acceptors (Lipinski definition) is 4. The summed E-state index contributed by atoms with van der Waals surface area (Å²) >= 11 is 0. The molecule has 4 rings (SSSR count). The normalized spacial score (nSPS) is 14.5. The molecule has 0 saturated heterocycles. The summed E-state index contributed by atoms with van der Waals surface area (Å²) in [5.41, 5.74) is 4.31. The number of carboxylic acids is 1. The van der Waals surface area contributed by atoms with Gasteiger partial charge in [0.1, 0.15) is 5.82 Å². The topological polar surface area (TPSA) is 97.9 Å². The van der Waals surface area contributed by atoms with Gasteiger partial charge in [0.05, 0.1) is 28.7 Å². The van der Waals surface area contributed by atoms with Gasteiger partial charge in [-0.1, -0.05) is 18.2 Å². The van der Waals surface area contributed by atoms with Crippen molar-refractivity contribution in [3.05, 3.63) is 59.2 Å². The lowest BCUT2D eigenvalue weighted by Crippen LogP contribution is -2.30. The van der Waals surface area contributed by atoms with Crippen molar-refractivity contribution in [2.45, 2.75) is 19.5 Å². The largest absolute Gasteiger partial charge is 0.478 e. The molecule has 0 radical (unpaired) electrons. The molecule has 0 aliphatic carbocycles. The van der Waals surface area contributed by atoms with Crippen LogP contribution in [0.15, 0.2) is 36.7 Å². The molecule has 2 aromatic heterocycles.